The van der Waals surface area contributed by atoms with Gasteiger partial charge < -0.3 is 20.7 Å². The molecular weight excluding hydrogens is 605 g/mol. The molecular formula is C35H30N4O4S2. The Morgan fingerprint density at radius 1 is 0.867 bits per heavy atom. The van der Waals surface area contributed by atoms with Crippen molar-refractivity contribution in [1.82, 2.24) is 10.3 Å². The van der Waals surface area contributed by atoms with E-state index in [1.165, 1.54) is 23.1 Å². The number of nitrogens with zero attached hydrogens (tertiary/aromatic N) is 1. The maximum atomic E-state index is 13.6. The van der Waals surface area contributed by atoms with Crippen LogP contribution < -0.4 is 20.7 Å². The van der Waals surface area contributed by atoms with Gasteiger partial charge in [-0.25, -0.2) is 4.98 Å². The number of ether oxygens (including phenoxy) is 1. The molecule has 0 bridgehead atoms. The monoisotopic (exact) mass is 634 g/mol. The number of thioether (sulfide) groups is 1. The highest BCUT2D eigenvalue weighted by molar-refractivity contribution is 8.00. The third-order valence-corrected chi connectivity index (χ3v) is 8.61. The van der Waals surface area contributed by atoms with E-state index in [4.69, 9.17) is 4.74 Å². The molecule has 5 aromatic rings. The summed E-state index contributed by atoms with van der Waals surface area (Å²) >= 11 is 2.73. The smallest absolute Gasteiger partial charge is 0.272 e. The largest absolute Gasteiger partial charge is 0.497 e. The Hall–Kier alpha value is -5.19. The maximum absolute atomic E-state index is 13.6. The van der Waals surface area contributed by atoms with Crippen molar-refractivity contribution in [2.24, 2.45) is 0 Å². The van der Waals surface area contributed by atoms with E-state index in [2.05, 4.69) is 20.9 Å². The molecule has 8 nitrogen and oxygen atoms in total. The van der Waals surface area contributed by atoms with Crippen molar-refractivity contribution >= 4 is 57.7 Å². The summed E-state index contributed by atoms with van der Waals surface area (Å²) in [6, 6.07) is 32.5. The molecule has 1 heterocycles. The Morgan fingerprint density at radius 3 is 2.24 bits per heavy atom. The van der Waals surface area contributed by atoms with Crippen molar-refractivity contribution < 1.29 is 19.1 Å². The molecule has 1 atom stereocenters. The molecule has 0 spiro atoms. The summed E-state index contributed by atoms with van der Waals surface area (Å²) in [5.41, 5.74) is 3.35. The first kappa shape index (κ1) is 31.2. The van der Waals surface area contributed by atoms with Crippen LogP contribution in [0.4, 0.5) is 10.8 Å². The molecule has 3 amide bonds. The molecule has 1 aromatic heterocycles. The van der Waals surface area contributed by atoms with Crippen molar-refractivity contribution in [2.75, 3.05) is 17.7 Å². The molecule has 1 unspecified atom stereocenters. The normalized spacial score (nSPS) is 11.7. The van der Waals surface area contributed by atoms with E-state index in [0.717, 1.165) is 16.2 Å². The Bertz CT molecular complexity index is 1810. The van der Waals surface area contributed by atoms with Crippen LogP contribution in [0.5, 0.6) is 5.75 Å². The van der Waals surface area contributed by atoms with Crippen LogP contribution >= 0.6 is 23.1 Å². The quantitative estimate of drug-likeness (QED) is 0.104. The minimum Gasteiger partial charge on any atom is -0.497 e. The molecule has 0 saturated carbocycles. The van der Waals surface area contributed by atoms with Gasteiger partial charge in [-0.15, -0.1) is 23.1 Å². The predicted octanol–water partition coefficient (Wildman–Crippen LogP) is 7.34. The highest BCUT2D eigenvalue weighted by Gasteiger charge is 2.23. The van der Waals surface area contributed by atoms with Crippen molar-refractivity contribution in [3.63, 3.8) is 0 Å². The summed E-state index contributed by atoms with van der Waals surface area (Å²) in [6.07, 6.45) is 1.60. The molecule has 10 heteroatoms. The summed E-state index contributed by atoms with van der Waals surface area (Å²) in [7, 11) is 1.58. The number of nitrogens with one attached hydrogen (secondary N) is 3. The van der Waals surface area contributed by atoms with Crippen LogP contribution in [0.2, 0.25) is 0 Å². The van der Waals surface area contributed by atoms with Crippen LogP contribution in [0.15, 0.2) is 125 Å². The number of hydrogen-bond donors (Lipinski definition) is 3. The maximum Gasteiger partial charge on any atom is 0.272 e. The van der Waals surface area contributed by atoms with Gasteiger partial charge in [0.2, 0.25) is 5.91 Å². The number of hydrogen-bond acceptors (Lipinski definition) is 7. The van der Waals surface area contributed by atoms with Gasteiger partial charge in [-0.1, -0.05) is 66.7 Å². The van der Waals surface area contributed by atoms with Gasteiger partial charge in [0.15, 0.2) is 5.13 Å². The molecule has 45 heavy (non-hydrogen) atoms. The van der Waals surface area contributed by atoms with Gasteiger partial charge in [0.1, 0.15) is 16.7 Å². The molecule has 0 aliphatic heterocycles. The summed E-state index contributed by atoms with van der Waals surface area (Å²) in [5, 5.41) is 10.4. The van der Waals surface area contributed by atoms with Crippen molar-refractivity contribution in [1.29, 1.82) is 0 Å². The second-order valence-corrected chi connectivity index (χ2v) is 11.9. The molecule has 5 rings (SSSR count). The first-order chi connectivity index (χ1) is 21.9. The zero-order chi connectivity index (χ0) is 31.6. The van der Waals surface area contributed by atoms with Gasteiger partial charge in [0.05, 0.1) is 12.8 Å². The fourth-order valence-corrected chi connectivity index (χ4v) is 6.05. The summed E-state index contributed by atoms with van der Waals surface area (Å²) in [5.74, 6) is -0.455. The number of thiazole rings is 1. The lowest BCUT2D eigenvalue weighted by molar-refractivity contribution is -0.116. The average Bonchev–Trinajstić information content (AvgIpc) is 3.48. The number of methoxy groups -OCH3 is 1. The van der Waals surface area contributed by atoms with Crippen LogP contribution in [-0.2, 0) is 9.59 Å². The fourth-order valence-electron chi connectivity index (χ4n) is 4.27. The van der Waals surface area contributed by atoms with Gasteiger partial charge in [0.25, 0.3) is 11.8 Å². The second kappa shape index (κ2) is 15.0. The van der Waals surface area contributed by atoms with E-state index in [0.29, 0.717) is 27.7 Å². The van der Waals surface area contributed by atoms with Gasteiger partial charge in [-0.2, -0.15) is 0 Å². The van der Waals surface area contributed by atoms with E-state index in [9.17, 15) is 14.4 Å². The Kier molecular flexibility index (Phi) is 10.4. The van der Waals surface area contributed by atoms with Crippen LogP contribution in [-0.4, -0.2) is 29.8 Å². The first-order valence-corrected chi connectivity index (χ1v) is 15.7. The minimum absolute atomic E-state index is 0.0624. The van der Waals surface area contributed by atoms with Crippen LogP contribution in [0.25, 0.3) is 6.08 Å². The number of aromatic nitrogens is 1. The lowest BCUT2D eigenvalue weighted by Crippen LogP contribution is -2.30. The summed E-state index contributed by atoms with van der Waals surface area (Å²) in [4.78, 5) is 45.1. The van der Waals surface area contributed by atoms with E-state index in [-0.39, 0.29) is 11.6 Å². The second-order valence-electron chi connectivity index (χ2n) is 9.83. The molecule has 0 saturated heterocycles. The molecule has 0 fully saturated rings. The number of aryl methyl sites for hydroxylation is 1. The first-order valence-electron chi connectivity index (χ1n) is 14.0. The number of carbonyl (C=O) groups excluding carboxylic acids is 3. The van der Waals surface area contributed by atoms with Crippen LogP contribution in [0.1, 0.15) is 32.4 Å². The molecule has 3 N–H and O–H groups in total. The number of anilines is 2. The zero-order valence-electron chi connectivity index (χ0n) is 24.5. The highest BCUT2D eigenvalue weighted by Crippen LogP contribution is 2.37. The van der Waals surface area contributed by atoms with Crippen molar-refractivity contribution in [3.8, 4) is 5.75 Å². The summed E-state index contributed by atoms with van der Waals surface area (Å²) in [6.45, 7) is 1.88. The van der Waals surface area contributed by atoms with Gasteiger partial charge in [-0.3, -0.25) is 14.4 Å². The van der Waals surface area contributed by atoms with Crippen molar-refractivity contribution in [2.45, 2.75) is 17.1 Å². The third-order valence-electron chi connectivity index (χ3n) is 6.49. The number of rotatable bonds is 11. The molecule has 0 aliphatic rings. The Morgan fingerprint density at radius 2 is 1.58 bits per heavy atom. The highest BCUT2D eigenvalue weighted by atomic mass is 32.2. The topological polar surface area (TPSA) is 109 Å². The van der Waals surface area contributed by atoms with Crippen molar-refractivity contribution in [3.05, 3.63) is 143 Å². The van der Waals surface area contributed by atoms with E-state index in [1.807, 2.05) is 54.8 Å². The fraction of sp³-hybridized carbons (Fsp3) is 0.0857. The Labute approximate surface area is 269 Å². The van der Waals surface area contributed by atoms with Gasteiger partial charge >= 0.3 is 0 Å². The number of carbonyl (C=O) groups is 3. The number of benzene rings is 4. The third kappa shape index (κ3) is 8.69. The SMILES string of the molecule is COc1ccc(/C=C(/NC(=O)c2ccccc2)C(=O)Nc2cccc(SC(C(=O)Nc3nc(C)cs3)c3ccccc3)c2)cc1. The molecule has 4 aromatic carbocycles. The standard InChI is InChI=1S/C35H30N4O4S2/c1-23-22-44-35(36-23)39-34(42)31(25-10-5-3-6-11-25)45-29-15-9-14-27(21-29)37-33(41)30(20-24-16-18-28(43-2)19-17-24)38-32(40)26-12-7-4-8-13-26/h3-22,31H,1-2H3,(H,37,41)(H,38,40)(H,36,39,42)/b30-20+. The molecule has 0 aliphatic carbocycles. The van der Waals surface area contributed by atoms with Crippen LogP contribution in [0.3, 0.4) is 0 Å². The number of amides is 3. The van der Waals surface area contributed by atoms with Gasteiger partial charge in [0, 0.05) is 21.5 Å². The lowest BCUT2D eigenvalue weighted by atomic mass is 10.1. The summed E-state index contributed by atoms with van der Waals surface area (Å²) < 4.78 is 5.24. The minimum atomic E-state index is -0.572. The van der Waals surface area contributed by atoms with E-state index >= 15 is 0 Å². The van der Waals surface area contributed by atoms with Crippen LogP contribution in [0, 0.1) is 6.92 Å². The van der Waals surface area contributed by atoms with E-state index < -0.39 is 17.1 Å². The Balaban J connectivity index is 1.37. The predicted molar refractivity (Wildman–Crippen MR) is 180 cm³/mol. The zero-order valence-corrected chi connectivity index (χ0v) is 26.2. The lowest BCUT2D eigenvalue weighted by Gasteiger charge is -2.17. The average molecular weight is 635 g/mol. The molecule has 226 valence electrons. The van der Waals surface area contributed by atoms with Gasteiger partial charge in [-0.05, 0) is 66.6 Å². The van der Waals surface area contributed by atoms with E-state index in [1.54, 1.807) is 79.9 Å². The molecule has 0 radical (unpaired) electrons.